The molecular formula is C18H19N3O2. The van der Waals surface area contributed by atoms with E-state index < -0.39 is 0 Å². The number of nitrogens with one attached hydrogen (secondary N) is 1. The van der Waals surface area contributed by atoms with E-state index in [9.17, 15) is 9.90 Å². The predicted molar refractivity (Wildman–Crippen MR) is 89.1 cm³/mol. The maximum absolute atomic E-state index is 11.4. The van der Waals surface area contributed by atoms with Gasteiger partial charge in [-0.05, 0) is 29.8 Å². The number of aliphatic hydroxyl groups excluding tert-OH is 1. The van der Waals surface area contributed by atoms with E-state index in [1.165, 1.54) is 0 Å². The fourth-order valence-electron chi connectivity index (χ4n) is 2.60. The van der Waals surface area contributed by atoms with Crippen LogP contribution in [0.15, 0.2) is 48.5 Å². The zero-order valence-corrected chi connectivity index (χ0v) is 13.0. The molecule has 0 bridgehead atoms. The molecule has 23 heavy (non-hydrogen) atoms. The standard InChI is InChI=1S/C18H19N3O2/c1-2-18(23)19-11-13-6-5-7-14(10-13)21-16-9-4-3-8-15(16)20-17(21)12-22/h3-10,22H,2,11-12H2,1H3,(H,19,23). The number of amides is 1. The Morgan fingerprint density at radius 2 is 2.04 bits per heavy atom. The van der Waals surface area contributed by atoms with Crippen molar-refractivity contribution in [1.29, 1.82) is 0 Å². The summed E-state index contributed by atoms with van der Waals surface area (Å²) in [5.41, 5.74) is 3.73. The highest BCUT2D eigenvalue weighted by molar-refractivity contribution is 5.78. The molecule has 1 heterocycles. The lowest BCUT2D eigenvalue weighted by Gasteiger charge is -2.10. The predicted octanol–water partition coefficient (Wildman–Crippen LogP) is 2.54. The van der Waals surface area contributed by atoms with Crippen LogP contribution in [-0.2, 0) is 17.9 Å². The Morgan fingerprint density at radius 3 is 2.83 bits per heavy atom. The van der Waals surface area contributed by atoms with Gasteiger partial charge in [0.1, 0.15) is 12.4 Å². The number of carbonyl (C=O) groups excluding carboxylic acids is 1. The number of fused-ring (bicyclic) bond motifs is 1. The van der Waals surface area contributed by atoms with Crippen molar-refractivity contribution in [3.63, 3.8) is 0 Å². The molecule has 0 aliphatic rings. The average Bonchev–Trinajstić information content (AvgIpc) is 2.98. The van der Waals surface area contributed by atoms with E-state index in [0.717, 1.165) is 22.3 Å². The van der Waals surface area contributed by atoms with E-state index >= 15 is 0 Å². The van der Waals surface area contributed by atoms with Gasteiger partial charge in [0, 0.05) is 18.7 Å². The number of hydrogen-bond acceptors (Lipinski definition) is 3. The van der Waals surface area contributed by atoms with Crippen LogP contribution in [0.2, 0.25) is 0 Å². The minimum absolute atomic E-state index is 0.0273. The molecule has 0 radical (unpaired) electrons. The number of nitrogens with zero attached hydrogens (tertiary/aromatic N) is 2. The van der Waals surface area contributed by atoms with Gasteiger partial charge in [-0.2, -0.15) is 0 Å². The van der Waals surface area contributed by atoms with Crippen LogP contribution in [0.25, 0.3) is 16.7 Å². The van der Waals surface area contributed by atoms with Crippen LogP contribution in [0.1, 0.15) is 24.7 Å². The Bertz CT molecular complexity index is 839. The van der Waals surface area contributed by atoms with Gasteiger partial charge in [0.05, 0.1) is 11.0 Å². The second kappa shape index (κ2) is 6.62. The van der Waals surface area contributed by atoms with Crippen LogP contribution < -0.4 is 5.32 Å². The Morgan fingerprint density at radius 1 is 1.22 bits per heavy atom. The third-order valence-electron chi connectivity index (χ3n) is 3.75. The zero-order chi connectivity index (χ0) is 16.2. The summed E-state index contributed by atoms with van der Waals surface area (Å²) >= 11 is 0. The number of para-hydroxylation sites is 2. The van der Waals surface area contributed by atoms with Gasteiger partial charge in [0.25, 0.3) is 0 Å². The molecular weight excluding hydrogens is 290 g/mol. The van der Waals surface area contributed by atoms with Crippen molar-refractivity contribution in [3.05, 3.63) is 59.9 Å². The normalized spacial score (nSPS) is 10.9. The number of benzene rings is 2. The van der Waals surface area contributed by atoms with Gasteiger partial charge in [-0.15, -0.1) is 0 Å². The molecule has 5 heteroatoms. The Labute approximate surface area is 134 Å². The Kier molecular flexibility index (Phi) is 4.39. The quantitative estimate of drug-likeness (QED) is 0.761. The van der Waals surface area contributed by atoms with Crippen molar-refractivity contribution in [2.45, 2.75) is 26.5 Å². The first-order valence-corrected chi connectivity index (χ1v) is 7.66. The molecule has 0 aliphatic carbocycles. The first-order chi connectivity index (χ1) is 11.2. The summed E-state index contributed by atoms with van der Waals surface area (Å²) in [4.78, 5) is 15.9. The first kappa shape index (κ1) is 15.2. The molecule has 0 saturated heterocycles. The fraction of sp³-hybridized carbons (Fsp3) is 0.222. The van der Waals surface area contributed by atoms with Crippen LogP contribution in [0.3, 0.4) is 0 Å². The summed E-state index contributed by atoms with van der Waals surface area (Å²) in [5, 5.41) is 12.5. The highest BCUT2D eigenvalue weighted by atomic mass is 16.3. The van der Waals surface area contributed by atoms with E-state index in [1.54, 1.807) is 0 Å². The lowest BCUT2D eigenvalue weighted by Crippen LogP contribution is -2.21. The lowest BCUT2D eigenvalue weighted by atomic mass is 10.2. The van der Waals surface area contributed by atoms with Gasteiger partial charge in [0.15, 0.2) is 0 Å². The second-order valence-corrected chi connectivity index (χ2v) is 5.31. The summed E-state index contributed by atoms with van der Waals surface area (Å²) < 4.78 is 1.94. The van der Waals surface area contributed by atoms with Crippen molar-refractivity contribution in [2.75, 3.05) is 0 Å². The van der Waals surface area contributed by atoms with Crippen molar-refractivity contribution >= 4 is 16.9 Å². The van der Waals surface area contributed by atoms with E-state index in [4.69, 9.17) is 0 Å². The fourth-order valence-corrected chi connectivity index (χ4v) is 2.60. The molecule has 0 spiro atoms. The van der Waals surface area contributed by atoms with Crippen LogP contribution in [0.5, 0.6) is 0 Å². The molecule has 3 aromatic rings. The van der Waals surface area contributed by atoms with E-state index in [2.05, 4.69) is 10.3 Å². The number of rotatable bonds is 5. The maximum atomic E-state index is 11.4. The second-order valence-electron chi connectivity index (χ2n) is 5.31. The summed E-state index contributed by atoms with van der Waals surface area (Å²) in [6, 6.07) is 15.7. The molecule has 2 N–H and O–H groups in total. The minimum Gasteiger partial charge on any atom is -0.388 e. The van der Waals surface area contributed by atoms with E-state index in [1.807, 2.05) is 60.0 Å². The highest BCUT2D eigenvalue weighted by Gasteiger charge is 2.11. The molecule has 0 atom stereocenters. The molecule has 0 unspecified atom stereocenters. The molecule has 3 rings (SSSR count). The number of aromatic nitrogens is 2. The number of imidazole rings is 1. The largest absolute Gasteiger partial charge is 0.388 e. The van der Waals surface area contributed by atoms with Crippen molar-refractivity contribution < 1.29 is 9.90 Å². The highest BCUT2D eigenvalue weighted by Crippen LogP contribution is 2.22. The number of carbonyl (C=O) groups is 1. The minimum atomic E-state index is -0.133. The lowest BCUT2D eigenvalue weighted by molar-refractivity contribution is -0.120. The molecule has 1 aromatic heterocycles. The zero-order valence-electron chi connectivity index (χ0n) is 13.0. The van der Waals surface area contributed by atoms with Crippen LogP contribution in [-0.4, -0.2) is 20.6 Å². The third-order valence-corrected chi connectivity index (χ3v) is 3.75. The monoisotopic (exact) mass is 309 g/mol. The van der Waals surface area contributed by atoms with Crippen molar-refractivity contribution in [1.82, 2.24) is 14.9 Å². The average molecular weight is 309 g/mol. The topological polar surface area (TPSA) is 67.2 Å². The molecule has 0 saturated carbocycles. The van der Waals surface area contributed by atoms with Gasteiger partial charge in [-0.25, -0.2) is 4.98 Å². The summed E-state index contributed by atoms with van der Waals surface area (Å²) in [7, 11) is 0. The van der Waals surface area contributed by atoms with Gasteiger partial charge >= 0.3 is 0 Å². The van der Waals surface area contributed by atoms with Crippen LogP contribution in [0.4, 0.5) is 0 Å². The Hall–Kier alpha value is -2.66. The van der Waals surface area contributed by atoms with Gasteiger partial charge in [-0.1, -0.05) is 31.2 Å². The smallest absolute Gasteiger partial charge is 0.219 e. The number of aliphatic hydroxyl groups is 1. The van der Waals surface area contributed by atoms with E-state index in [-0.39, 0.29) is 12.5 Å². The molecule has 1 amide bonds. The Balaban J connectivity index is 2.00. The third kappa shape index (κ3) is 3.10. The molecule has 0 aliphatic heterocycles. The van der Waals surface area contributed by atoms with Gasteiger partial charge in [-0.3, -0.25) is 9.36 Å². The molecule has 2 aromatic carbocycles. The van der Waals surface area contributed by atoms with Gasteiger partial charge < -0.3 is 10.4 Å². The SMILES string of the molecule is CCC(=O)NCc1cccc(-n2c(CO)nc3ccccc32)c1. The van der Waals surface area contributed by atoms with Crippen molar-refractivity contribution in [3.8, 4) is 5.69 Å². The summed E-state index contributed by atoms with van der Waals surface area (Å²) in [6.07, 6.45) is 0.473. The van der Waals surface area contributed by atoms with Crippen LogP contribution in [0, 0.1) is 0 Å². The molecule has 118 valence electrons. The van der Waals surface area contributed by atoms with Gasteiger partial charge in [0.2, 0.25) is 5.91 Å². The maximum Gasteiger partial charge on any atom is 0.219 e. The summed E-state index contributed by atoms with van der Waals surface area (Å²) in [6.45, 7) is 2.18. The van der Waals surface area contributed by atoms with Crippen LogP contribution >= 0.6 is 0 Å². The number of hydrogen-bond donors (Lipinski definition) is 2. The first-order valence-electron chi connectivity index (χ1n) is 7.66. The van der Waals surface area contributed by atoms with E-state index in [0.29, 0.717) is 18.8 Å². The van der Waals surface area contributed by atoms with Crippen molar-refractivity contribution in [2.24, 2.45) is 0 Å². The molecule has 0 fully saturated rings. The molecule has 5 nitrogen and oxygen atoms in total. The summed E-state index contributed by atoms with van der Waals surface area (Å²) in [5.74, 6) is 0.625.